The van der Waals surface area contributed by atoms with Crippen LogP contribution < -0.4 is 10.6 Å². The fourth-order valence-electron chi connectivity index (χ4n) is 1.37. The van der Waals surface area contributed by atoms with Crippen molar-refractivity contribution in [3.8, 4) is 0 Å². The SMILES string of the molecule is Cc1ccc(NC(=O)Nc2ccccc2F)nc1. The number of anilines is 2. The summed E-state index contributed by atoms with van der Waals surface area (Å²) in [6.45, 7) is 1.90. The van der Waals surface area contributed by atoms with E-state index < -0.39 is 11.8 Å². The average Bonchev–Trinajstić information content (AvgIpc) is 2.35. The zero-order valence-corrected chi connectivity index (χ0v) is 9.77. The summed E-state index contributed by atoms with van der Waals surface area (Å²) in [6, 6.07) is 8.93. The Labute approximate surface area is 104 Å². The third-order valence-electron chi connectivity index (χ3n) is 2.28. The second kappa shape index (κ2) is 5.27. The summed E-state index contributed by atoms with van der Waals surface area (Å²) in [7, 11) is 0. The molecule has 0 spiro atoms. The van der Waals surface area contributed by atoms with Crippen molar-refractivity contribution < 1.29 is 9.18 Å². The van der Waals surface area contributed by atoms with Gasteiger partial charge in [-0.2, -0.15) is 0 Å². The number of nitrogens with zero attached hydrogens (tertiary/aromatic N) is 1. The molecule has 2 N–H and O–H groups in total. The highest BCUT2D eigenvalue weighted by Gasteiger charge is 2.06. The highest BCUT2D eigenvalue weighted by Crippen LogP contribution is 2.12. The zero-order valence-electron chi connectivity index (χ0n) is 9.77. The second-order valence-electron chi connectivity index (χ2n) is 3.78. The van der Waals surface area contributed by atoms with Gasteiger partial charge in [0.1, 0.15) is 11.6 Å². The summed E-state index contributed by atoms with van der Waals surface area (Å²) in [5.74, 6) is -0.0704. The lowest BCUT2D eigenvalue weighted by Gasteiger charge is -2.07. The predicted octanol–water partition coefficient (Wildman–Crippen LogP) is 3.17. The van der Waals surface area contributed by atoms with E-state index in [1.165, 1.54) is 12.1 Å². The van der Waals surface area contributed by atoms with Gasteiger partial charge in [-0.1, -0.05) is 18.2 Å². The molecule has 1 aromatic carbocycles. The molecule has 0 aliphatic rings. The van der Waals surface area contributed by atoms with Gasteiger partial charge in [0.15, 0.2) is 0 Å². The minimum absolute atomic E-state index is 0.127. The molecule has 5 heteroatoms. The number of aromatic nitrogens is 1. The minimum Gasteiger partial charge on any atom is -0.305 e. The number of para-hydroxylation sites is 1. The fourth-order valence-corrected chi connectivity index (χ4v) is 1.37. The van der Waals surface area contributed by atoms with Gasteiger partial charge in [0.25, 0.3) is 0 Å². The van der Waals surface area contributed by atoms with Gasteiger partial charge >= 0.3 is 6.03 Å². The van der Waals surface area contributed by atoms with E-state index in [4.69, 9.17) is 0 Å². The van der Waals surface area contributed by atoms with Gasteiger partial charge < -0.3 is 5.32 Å². The van der Waals surface area contributed by atoms with Gasteiger partial charge in [-0.3, -0.25) is 5.32 Å². The van der Waals surface area contributed by atoms with Crippen LogP contribution in [0.15, 0.2) is 42.6 Å². The first-order chi connectivity index (χ1) is 8.65. The van der Waals surface area contributed by atoms with Crippen LogP contribution >= 0.6 is 0 Å². The highest BCUT2D eigenvalue weighted by atomic mass is 19.1. The summed E-state index contributed by atoms with van der Waals surface area (Å²) in [4.78, 5) is 15.6. The molecule has 1 aromatic heterocycles. The molecule has 0 saturated heterocycles. The smallest absolute Gasteiger partial charge is 0.305 e. The maximum Gasteiger partial charge on any atom is 0.324 e. The summed E-state index contributed by atoms with van der Waals surface area (Å²) < 4.78 is 13.3. The molecule has 92 valence electrons. The van der Waals surface area contributed by atoms with Gasteiger partial charge in [0.2, 0.25) is 0 Å². The number of aryl methyl sites for hydroxylation is 1. The van der Waals surface area contributed by atoms with Crippen molar-refractivity contribution in [2.75, 3.05) is 10.6 Å². The Morgan fingerprint density at radius 1 is 1.17 bits per heavy atom. The van der Waals surface area contributed by atoms with E-state index in [9.17, 15) is 9.18 Å². The Bertz CT molecular complexity index is 554. The molecule has 0 atom stereocenters. The first-order valence-corrected chi connectivity index (χ1v) is 5.40. The number of amides is 2. The van der Waals surface area contributed by atoms with Crippen LogP contribution in [0.25, 0.3) is 0 Å². The number of carbonyl (C=O) groups is 1. The van der Waals surface area contributed by atoms with Crippen LogP contribution in [0.1, 0.15) is 5.56 Å². The largest absolute Gasteiger partial charge is 0.324 e. The van der Waals surface area contributed by atoms with Crippen molar-refractivity contribution >= 4 is 17.5 Å². The van der Waals surface area contributed by atoms with Crippen molar-refractivity contribution in [2.24, 2.45) is 0 Å². The quantitative estimate of drug-likeness (QED) is 0.853. The van der Waals surface area contributed by atoms with E-state index >= 15 is 0 Å². The normalized spacial score (nSPS) is 9.89. The third kappa shape index (κ3) is 3.04. The van der Waals surface area contributed by atoms with Crippen molar-refractivity contribution in [3.63, 3.8) is 0 Å². The van der Waals surface area contributed by atoms with Crippen LogP contribution in [-0.2, 0) is 0 Å². The summed E-state index contributed by atoms with van der Waals surface area (Å²) in [5.41, 5.74) is 1.12. The number of halogens is 1. The van der Waals surface area contributed by atoms with Gasteiger partial charge in [0, 0.05) is 6.20 Å². The van der Waals surface area contributed by atoms with E-state index in [1.54, 1.807) is 24.4 Å². The topological polar surface area (TPSA) is 54.0 Å². The van der Waals surface area contributed by atoms with Gasteiger partial charge in [0.05, 0.1) is 5.69 Å². The van der Waals surface area contributed by atoms with Crippen LogP contribution in [0.5, 0.6) is 0 Å². The number of nitrogens with one attached hydrogen (secondary N) is 2. The molecule has 0 saturated carbocycles. The van der Waals surface area contributed by atoms with Crippen LogP contribution in [-0.4, -0.2) is 11.0 Å². The Hall–Kier alpha value is -2.43. The molecule has 0 bridgehead atoms. The van der Waals surface area contributed by atoms with E-state index in [0.29, 0.717) is 5.82 Å². The Balaban J connectivity index is 2.01. The van der Waals surface area contributed by atoms with Gasteiger partial charge in [-0.25, -0.2) is 14.2 Å². The summed E-state index contributed by atoms with van der Waals surface area (Å²) in [5, 5.41) is 4.93. The molecule has 4 nitrogen and oxygen atoms in total. The molecule has 0 unspecified atom stereocenters. The molecular weight excluding hydrogens is 233 g/mol. The number of urea groups is 1. The van der Waals surface area contributed by atoms with Crippen molar-refractivity contribution in [1.82, 2.24) is 4.98 Å². The third-order valence-corrected chi connectivity index (χ3v) is 2.28. The number of benzene rings is 1. The first-order valence-electron chi connectivity index (χ1n) is 5.40. The molecule has 0 aliphatic carbocycles. The monoisotopic (exact) mass is 245 g/mol. The standard InChI is InChI=1S/C13H12FN3O/c1-9-6-7-12(15-8-9)17-13(18)16-11-5-3-2-4-10(11)14/h2-8H,1H3,(H2,15,16,17,18). The minimum atomic E-state index is -0.531. The number of rotatable bonds is 2. The van der Waals surface area contributed by atoms with Crippen molar-refractivity contribution in [1.29, 1.82) is 0 Å². The molecule has 0 fully saturated rings. The zero-order chi connectivity index (χ0) is 13.0. The van der Waals surface area contributed by atoms with Crippen molar-refractivity contribution in [3.05, 3.63) is 54.0 Å². The van der Waals surface area contributed by atoms with E-state index in [0.717, 1.165) is 5.56 Å². The molecule has 2 amide bonds. The van der Waals surface area contributed by atoms with Crippen LogP contribution in [0.3, 0.4) is 0 Å². The van der Waals surface area contributed by atoms with Crippen LogP contribution in [0.4, 0.5) is 20.7 Å². The van der Waals surface area contributed by atoms with Gasteiger partial charge in [-0.15, -0.1) is 0 Å². The Morgan fingerprint density at radius 2 is 1.94 bits per heavy atom. The maximum atomic E-state index is 13.3. The first kappa shape index (κ1) is 12.0. The lowest BCUT2D eigenvalue weighted by molar-refractivity contribution is 0.262. The molecule has 18 heavy (non-hydrogen) atoms. The highest BCUT2D eigenvalue weighted by molar-refractivity contribution is 5.99. The molecule has 1 heterocycles. The van der Waals surface area contributed by atoms with E-state index in [1.807, 2.05) is 13.0 Å². The molecule has 0 aliphatic heterocycles. The lowest BCUT2D eigenvalue weighted by atomic mass is 10.3. The molecule has 2 rings (SSSR count). The molecule has 2 aromatic rings. The van der Waals surface area contributed by atoms with E-state index in [-0.39, 0.29) is 5.69 Å². The van der Waals surface area contributed by atoms with Crippen LogP contribution in [0.2, 0.25) is 0 Å². The molecular formula is C13H12FN3O. The fraction of sp³-hybridized carbons (Fsp3) is 0.0769. The van der Waals surface area contributed by atoms with Crippen LogP contribution in [0, 0.1) is 12.7 Å². The van der Waals surface area contributed by atoms with E-state index in [2.05, 4.69) is 15.6 Å². The lowest BCUT2D eigenvalue weighted by Crippen LogP contribution is -2.20. The summed E-state index contributed by atoms with van der Waals surface area (Å²) in [6.07, 6.45) is 1.64. The Kier molecular flexibility index (Phi) is 3.52. The number of carbonyl (C=O) groups excluding carboxylic acids is 1. The Morgan fingerprint density at radius 3 is 2.61 bits per heavy atom. The van der Waals surface area contributed by atoms with Gasteiger partial charge in [-0.05, 0) is 30.7 Å². The second-order valence-corrected chi connectivity index (χ2v) is 3.78. The number of hydrogen-bond acceptors (Lipinski definition) is 2. The average molecular weight is 245 g/mol. The maximum absolute atomic E-state index is 13.3. The van der Waals surface area contributed by atoms with Crippen molar-refractivity contribution in [2.45, 2.75) is 6.92 Å². The number of pyridine rings is 1. The molecule has 0 radical (unpaired) electrons. The predicted molar refractivity (Wildman–Crippen MR) is 68.0 cm³/mol. The summed E-state index contributed by atoms with van der Waals surface area (Å²) >= 11 is 0. The number of hydrogen-bond donors (Lipinski definition) is 2.